The molecule has 0 saturated heterocycles. The van der Waals surface area contributed by atoms with E-state index < -0.39 is 0 Å². The number of amides is 1. The van der Waals surface area contributed by atoms with Crippen molar-refractivity contribution in [3.63, 3.8) is 0 Å². The molecule has 1 amide bonds. The summed E-state index contributed by atoms with van der Waals surface area (Å²) in [5.41, 5.74) is 6.12. The molecule has 1 N–H and O–H groups in total. The maximum absolute atomic E-state index is 11.6. The van der Waals surface area contributed by atoms with Crippen LogP contribution in [-0.2, 0) is 4.84 Å². The van der Waals surface area contributed by atoms with E-state index in [1.807, 2.05) is 32.9 Å². The molecule has 0 aliphatic heterocycles. The highest BCUT2D eigenvalue weighted by Crippen LogP contribution is 2.15. The molecule has 1 aromatic carbocycles. The lowest BCUT2D eigenvalue weighted by atomic mass is 9.99. The van der Waals surface area contributed by atoms with Crippen LogP contribution in [0.25, 0.3) is 0 Å². The van der Waals surface area contributed by atoms with Crippen LogP contribution in [0.15, 0.2) is 12.1 Å². The molecule has 0 aliphatic carbocycles. The Morgan fingerprint density at radius 1 is 1.21 bits per heavy atom. The standard InChI is InChI=1S/C11H15NO2/c1-7-5-8(2)10(9(3)6-7)11(13)12-14-4/h5-6H,1-4H3,(H,12,13). The zero-order valence-electron chi connectivity index (χ0n) is 8.97. The summed E-state index contributed by atoms with van der Waals surface area (Å²) in [6.45, 7) is 5.85. The minimum atomic E-state index is -0.192. The first kappa shape index (κ1) is 10.7. The zero-order valence-corrected chi connectivity index (χ0v) is 8.97. The van der Waals surface area contributed by atoms with Gasteiger partial charge in [-0.2, -0.15) is 0 Å². The Balaban J connectivity index is 3.14. The minimum Gasteiger partial charge on any atom is -0.277 e. The summed E-state index contributed by atoms with van der Waals surface area (Å²) in [6, 6.07) is 3.97. The molecule has 0 fully saturated rings. The molecule has 0 aromatic heterocycles. The number of aryl methyl sites for hydroxylation is 3. The summed E-state index contributed by atoms with van der Waals surface area (Å²) in [4.78, 5) is 16.2. The number of benzene rings is 1. The molecule has 0 unspecified atom stereocenters. The predicted octanol–water partition coefficient (Wildman–Crippen LogP) is 1.90. The van der Waals surface area contributed by atoms with Gasteiger partial charge in [0.25, 0.3) is 5.91 Å². The van der Waals surface area contributed by atoms with Crippen molar-refractivity contribution in [1.29, 1.82) is 0 Å². The van der Waals surface area contributed by atoms with Gasteiger partial charge in [-0.25, -0.2) is 5.48 Å². The molecule has 0 saturated carbocycles. The molecule has 1 aromatic rings. The van der Waals surface area contributed by atoms with Crippen molar-refractivity contribution in [2.75, 3.05) is 7.11 Å². The first-order chi connectivity index (χ1) is 6.56. The van der Waals surface area contributed by atoms with Crippen molar-refractivity contribution in [1.82, 2.24) is 5.48 Å². The lowest BCUT2D eigenvalue weighted by Crippen LogP contribution is -2.23. The van der Waals surface area contributed by atoms with Crippen LogP contribution in [0.5, 0.6) is 0 Å². The van der Waals surface area contributed by atoms with E-state index in [2.05, 4.69) is 10.3 Å². The van der Waals surface area contributed by atoms with Crippen LogP contribution in [-0.4, -0.2) is 13.0 Å². The number of hydrogen-bond donors (Lipinski definition) is 1. The third kappa shape index (κ3) is 2.12. The van der Waals surface area contributed by atoms with Crippen LogP contribution < -0.4 is 5.48 Å². The van der Waals surface area contributed by atoms with Crippen LogP contribution in [0.2, 0.25) is 0 Å². The molecule has 3 nitrogen and oxygen atoms in total. The van der Waals surface area contributed by atoms with Gasteiger partial charge in [0.05, 0.1) is 7.11 Å². The second kappa shape index (κ2) is 4.24. The van der Waals surface area contributed by atoms with Crippen LogP contribution in [0.1, 0.15) is 27.0 Å². The molecule has 0 atom stereocenters. The summed E-state index contributed by atoms with van der Waals surface area (Å²) in [5, 5.41) is 0. The van der Waals surface area contributed by atoms with E-state index in [0.717, 1.165) is 16.7 Å². The van der Waals surface area contributed by atoms with E-state index in [9.17, 15) is 4.79 Å². The minimum absolute atomic E-state index is 0.192. The first-order valence-electron chi connectivity index (χ1n) is 4.47. The molecule has 0 heterocycles. The average molecular weight is 193 g/mol. The van der Waals surface area contributed by atoms with Gasteiger partial charge < -0.3 is 0 Å². The van der Waals surface area contributed by atoms with Gasteiger partial charge in [0.15, 0.2) is 0 Å². The molecule has 0 aliphatic rings. The maximum Gasteiger partial charge on any atom is 0.275 e. The monoisotopic (exact) mass is 193 g/mol. The van der Waals surface area contributed by atoms with Crippen LogP contribution >= 0.6 is 0 Å². The van der Waals surface area contributed by atoms with E-state index >= 15 is 0 Å². The molecule has 0 spiro atoms. The van der Waals surface area contributed by atoms with Crippen molar-refractivity contribution in [2.45, 2.75) is 20.8 Å². The topological polar surface area (TPSA) is 38.3 Å². The highest BCUT2D eigenvalue weighted by molar-refractivity contribution is 5.96. The normalized spacial score (nSPS) is 10.0. The number of carbonyl (C=O) groups is 1. The Bertz CT molecular complexity index is 335. The average Bonchev–Trinajstić information content (AvgIpc) is 2.01. The quantitative estimate of drug-likeness (QED) is 0.728. The molecular weight excluding hydrogens is 178 g/mol. The van der Waals surface area contributed by atoms with Gasteiger partial charge in [0, 0.05) is 5.56 Å². The fraction of sp³-hybridized carbons (Fsp3) is 0.364. The lowest BCUT2D eigenvalue weighted by molar-refractivity contribution is 0.0536. The molecule has 14 heavy (non-hydrogen) atoms. The van der Waals surface area contributed by atoms with E-state index in [4.69, 9.17) is 0 Å². The maximum atomic E-state index is 11.6. The van der Waals surface area contributed by atoms with Crippen LogP contribution in [0.3, 0.4) is 0 Å². The number of hydrogen-bond acceptors (Lipinski definition) is 2. The Hall–Kier alpha value is -1.35. The second-order valence-electron chi connectivity index (χ2n) is 3.41. The summed E-state index contributed by atoms with van der Waals surface area (Å²) in [5.74, 6) is -0.192. The van der Waals surface area contributed by atoms with Gasteiger partial charge >= 0.3 is 0 Å². The largest absolute Gasteiger partial charge is 0.277 e. The third-order valence-corrected chi connectivity index (χ3v) is 2.10. The number of nitrogens with one attached hydrogen (secondary N) is 1. The van der Waals surface area contributed by atoms with Crippen LogP contribution in [0, 0.1) is 20.8 Å². The Morgan fingerprint density at radius 3 is 2.14 bits per heavy atom. The summed E-state index contributed by atoms with van der Waals surface area (Å²) < 4.78 is 0. The summed E-state index contributed by atoms with van der Waals surface area (Å²) >= 11 is 0. The van der Waals surface area contributed by atoms with E-state index in [-0.39, 0.29) is 5.91 Å². The van der Waals surface area contributed by atoms with Gasteiger partial charge in [0.1, 0.15) is 0 Å². The van der Waals surface area contributed by atoms with E-state index in [1.165, 1.54) is 7.11 Å². The molecule has 3 heteroatoms. The van der Waals surface area contributed by atoms with Crippen LogP contribution in [0.4, 0.5) is 0 Å². The third-order valence-electron chi connectivity index (χ3n) is 2.10. The molecular formula is C11H15NO2. The Kier molecular flexibility index (Phi) is 3.25. The number of rotatable bonds is 2. The molecule has 0 bridgehead atoms. The first-order valence-corrected chi connectivity index (χ1v) is 4.47. The molecule has 76 valence electrons. The highest BCUT2D eigenvalue weighted by atomic mass is 16.6. The summed E-state index contributed by atoms with van der Waals surface area (Å²) in [6.07, 6.45) is 0. The lowest BCUT2D eigenvalue weighted by Gasteiger charge is -2.10. The number of carbonyl (C=O) groups excluding carboxylic acids is 1. The SMILES string of the molecule is CONC(=O)c1c(C)cc(C)cc1C. The fourth-order valence-electron chi connectivity index (χ4n) is 1.68. The molecule has 0 radical (unpaired) electrons. The van der Waals surface area contributed by atoms with Gasteiger partial charge in [-0.05, 0) is 31.9 Å². The second-order valence-corrected chi connectivity index (χ2v) is 3.41. The fourth-order valence-corrected chi connectivity index (χ4v) is 1.68. The zero-order chi connectivity index (χ0) is 10.7. The van der Waals surface area contributed by atoms with Gasteiger partial charge in [0.2, 0.25) is 0 Å². The Labute approximate surface area is 84.0 Å². The summed E-state index contributed by atoms with van der Waals surface area (Å²) in [7, 11) is 1.43. The van der Waals surface area contributed by atoms with Crippen molar-refractivity contribution >= 4 is 5.91 Å². The van der Waals surface area contributed by atoms with Crippen molar-refractivity contribution in [3.8, 4) is 0 Å². The highest BCUT2D eigenvalue weighted by Gasteiger charge is 2.11. The van der Waals surface area contributed by atoms with Crippen molar-refractivity contribution in [2.24, 2.45) is 0 Å². The Morgan fingerprint density at radius 2 is 1.71 bits per heavy atom. The molecule has 1 rings (SSSR count). The van der Waals surface area contributed by atoms with Gasteiger partial charge in [-0.3, -0.25) is 9.63 Å². The van der Waals surface area contributed by atoms with Gasteiger partial charge in [-0.15, -0.1) is 0 Å². The van der Waals surface area contributed by atoms with Gasteiger partial charge in [-0.1, -0.05) is 17.7 Å². The predicted molar refractivity (Wildman–Crippen MR) is 55.1 cm³/mol. The van der Waals surface area contributed by atoms with Crippen molar-refractivity contribution in [3.05, 3.63) is 34.4 Å². The van der Waals surface area contributed by atoms with E-state index in [1.54, 1.807) is 0 Å². The number of hydroxylamine groups is 1. The van der Waals surface area contributed by atoms with E-state index in [0.29, 0.717) is 5.56 Å². The smallest absolute Gasteiger partial charge is 0.275 e. The van der Waals surface area contributed by atoms with Crippen molar-refractivity contribution < 1.29 is 9.63 Å².